The summed E-state index contributed by atoms with van der Waals surface area (Å²) in [6.07, 6.45) is 4.21. The molecule has 1 amide bonds. The van der Waals surface area contributed by atoms with Gasteiger partial charge >= 0.3 is 5.97 Å². The Labute approximate surface area is 118 Å². The predicted octanol–water partition coefficient (Wildman–Crippen LogP) is -0.339. The number of carbonyl (C=O) groups is 2. The van der Waals surface area contributed by atoms with E-state index in [2.05, 4.69) is 5.32 Å². The van der Waals surface area contributed by atoms with Crippen LogP contribution in [-0.2, 0) is 19.6 Å². The van der Waals surface area contributed by atoms with Crippen molar-refractivity contribution in [1.29, 1.82) is 0 Å². The molecule has 0 saturated heterocycles. The lowest BCUT2D eigenvalue weighted by atomic mass is 9.82. The van der Waals surface area contributed by atoms with Gasteiger partial charge in [0.1, 0.15) is 0 Å². The van der Waals surface area contributed by atoms with Gasteiger partial charge in [0.15, 0.2) is 0 Å². The average molecular weight is 304 g/mol. The molecular weight excluding hydrogens is 284 g/mol. The molecule has 0 aromatic rings. The summed E-state index contributed by atoms with van der Waals surface area (Å²) >= 11 is 0. The Morgan fingerprint density at radius 2 is 1.80 bits per heavy atom. The van der Waals surface area contributed by atoms with Crippen LogP contribution >= 0.6 is 0 Å². The molecule has 2 atom stereocenters. The Hall–Kier alpha value is -1.41. The highest BCUT2D eigenvalue weighted by Gasteiger charge is 2.33. The number of hydrogen-bond donors (Lipinski definition) is 2. The minimum Gasteiger partial charge on any atom is -0.481 e. The number of carboxylic acids is 1. The number of carbonyl (C=O) groups excluding carboxylic acids is 1. The maximum Gasteiger partial charge on any atom is 0.307 e. The van der Waals surface area contributed by atoms with Gasteiger partial charge in [-0.2, -0.15) is 0 Å². The van der Waals surface area contributed by atoms with Crippen LogP contribution in [0.5, 0.6) is 0 Å². The number of rotatable bonds is 6. The van der Waals surface area contributed by atoms with Crippen LogP contribution in [0.2, 0.25) is 0 Å². The van der Waals surface area contributed by atoms with E-state index < -0.39 is 33.7 Å². The van der Waals surface area contributed by atoms with Gasteiger partial charge < -0.3 is 10.4 Å². The summed E-state index contributed by atoms with van der Waals surface area (Å²) in [6.45, 7) is -0.0219. The maximum atomic E-state index is 12.0. The standard InChI is InChI=1S/C12H20N2O5S/c1-14(2)20(18,19)8-7-13-11(15)9-5-3-4-6-10(9)12(16)17/h3-4,9-10H,5-8H2,1-2H3,(H,13,15)(H,16,17). The molecule has 114 valence electrons. The van der Waals surface area contributed by atoms with E-state index in [1.54, 1.807) is 12.2 Å². The first-order chi connectivity index (χ1) is 9.25. The quantitative estimate of drug-likeness (QED) is 0.653. The summed E-state index contributed by atoms with van der Waals surface area (Å²) in [4.78, 5) is 23.0. The molecular formula is C12H20N2O5S. The van der Waals surface area contributed by atoms with Crippen molar-refractivity contribution in [2.24, 2.45) is 11.8 Å². The summed E-state index contributed by atoms with van der Waals surface area (Å²) in [5, 5.41) is 11.6. The molecule has 2 N–H and O–H groups in total. The van der Waals surface area contributed by atoms with Gasteiger partial charge in [-0.1, -0.05) is 12.2 Å². The van der Waals surface area contributed by atoms with Crippen LogP contribution in [0.15, 0.2) is 12.2 Å². The third-order valence-corrected chi connectivity index (χ3v) is 5.13. The Morgan fingerprint density at radius 3 is 2.30 bits per heavy atom. The van der Waals surface area contributed by atoms with Gasteiger partial charge in [-0.3, -0.25) is 9.59 Å². The molecule has 0 bridgehead atoms. The van der Waals surface area contributed by atoms with Crippen LogP contribution in [0.3, 0.4) is 0 Å². The number of nitrogens with one attached hydrogen (secondary N) is 1. The van der Waals surface area contributed by atoms with Crippen molar-refractivity contribution in [2.45, 2.75) is 12.8 Å². The second-order valence-electron chi connectivity index (χ2n) is 4.88. The van der Waals surface area contributed by atoms with E-state index >= 15 is 0 Å². The van der Waals surface area contributed by atoms with Gasteiger partial charge in [0.05, 0.1) is 17.6 Å². The smallest absolute Gasteiger partial charge is 0.307 e. The normalized spacial score (nSPS) is 22.8. The molecule has 2 unspecified atom stereocenters. The summed E-state index contributed by atoms with van der Waals surface area (Å²) in [7, 11) is -0.526. The molecule has 0 heterocycles. The van der Waals surface area contributed by atoms with E-state index in [0.29, 0.717) is 12.8 Å². The Kier molecular flexibility index (Phi) is 5.70. The summed E-state index contributed by atoms with van der Waals surface area (Å²) in [5.41, 5.74) is 0. The molecule has 0 aromatic carbocycles. The van der Waals surface area contributed by atoms with E-state index in [1.807, 2.05) is 0 Å². The van der Waals surface area contributed by atoms with Crippen LogP contribution in [0, 0.1) is 11.8 Å². The summed E-state index contributed by atoms with van der Waals surface area (Å²) < 4.78 is 24.1. The number of sulfonamides is 1. The molecule has 1 aliphatic rings. The molecule has 0 aliphatic heterocycles. The third-order valence-electron chi connectivity index (χ3n) is 3.30. The highest BCUT2D eigenvalue weighted by atomic mass is 32.2. The van der Waals surface area contributed by atoms with Crippen LogP contribution < -0.4 is 5.32 Å². The van der Waals surface area contributed by atoms with Crippen molar-refractivity contribution in [3.63, 3.8) is 0 Å². The highest BCUT2D eigenvalue weighted by molar-refractivity contribution is 7.89. The molecule has 0 saturated carbocycles. The predicted molar refractivity (Wildman–Crippen MR) is 73.5 cm³/mol. The minimum absolute atomic E-state index is 0.0219. The number of hydrogen-bond acceptors (Lipinski definition) is 4. The first kappa shape index (κ1) is 16.6. The topological polar surface area (TPSA) is 104 Å². The third kappa shape index (κ3) is 4.31. The second kappa shape index (κ2) is 6.85. The monoisotopic (exact) mass is 304 g/mol. The molecule has 1 aliphatic carbocycles. The highest BCUT2D eigenvalue weighted by Crippen LogP contribution is 2.25. The van der Waals surface area contributed by atoms with E-state index in [9.17, 15) is 18.0 Å². The zero-order valence-corrected chi connectivity index (χ0v) is 12.4. The van der Waals surface area contributed by atoms with Crippen molar-refractivity contribution in [1.82, 2.24) is 9.62 Å². The molecule has 8 heteroatoms. The number of allylic oxidation sites excluding steroid dienone is 2. The molecule has 20 heavy (non-hydrogen) atoms. The number of aliphatic carboxylic acids is 1. The van der Waals surface area contributed by atoms with E-state index in [4.69, 9.17) is 5.11 Å². The zero-order valence-electron chi connectivity index (χ0n) is 11.6. The molecule has 0 fully saturated rings. The van der Waals surface area contributed by atoms with Gasteiger partial charge in [-0.05, 0) is 12.8 Å². The number of amides is 1. The largest absolute Gasteiger partial charge is 0.481 e. The SMILES string of the molecule is CN(C)S(=O)(=O)CCNC(=O)C1CC=CCC1C(=O)O. The minimum atomic E-state index is -3.37. The van der Waals surface area contributed by atoms with Crippen molar-refractivity contribution < 1.29 is 23.1 Å². The lowest BCUT2D eigenvalue weighted by Crippen LogP contribution is -2.41. The average Bonchev–Trinajstić information content (AvgIpc) is 2.38. The van der Waals surface area contributed by atoms with Gasteiger partial charge in [0.25, 0.3) is 0 Å². The molecule has 0 radical (unpaired) electrons. The maximum absolute atomic E-state index is 12.0. The van der Waals surface area contributed by atoms with E-state index in [-0.39, 0.29) is 12.3 Å². The Morgan fingerprint density at radius 1 is 1.25 bits per heavy atom. The van der Waals surface area contributed by atoms with E-state index in [0.717, 1.165) is 4.31 Å². The van der Waals surface area contributed by atoms with Crippen molar-refractivity contribution in [2.75, 3.05) is 26.4 Å². The Balaban J connectivity index is 2.54. The molecule has 7 nitrogen and oxygen atoms in total. The molecule has 1 rings (SSSR count). The summed E-state index contributed by atoms with van der Waals surface area (Å²) in [6, 6.07) is 0. The van der Waals surface area contributed by atoms with Crippen LogP contribution in [0.4, 0.5) is 0 Å². The molecule has 0 spiro atoms. The van der Waals surface area contributed by atoms with Crippen molar-refractivity contribution >= 4 is 21.9 Å². The summed E-state index contributed by atoms with van der Waals surface area (Å²) in [5.74, 6) is -3.00. The second-order valence-corrected chi connectivity index (χ2v) is 7.19. The van der Waals surface area contributed by atoms with Crippen LogP contribution in [0.1, 0.15) is 12.8 Å². The Bertz CT molecular complexity index is 498. The first-order valence-corrected chi connectivity index (χ1v) is 7.92. The van der Waals surface area contributed by atoms with Crippen LogP contribution in [-0.4, -0.2) is 56.1 Å². The van der Waals surface area contributed by atoms with Crippen molar-refractivity contribution in [3.05, 3.63) is 12.2 Å². The van der Waals surface area contributed by atoms with Gasteiger partial charge in [0, 0.05) is 20.6 Å². The van der Waals surface area contributed by atoms with Gasteiger partial charge in [-0.15, -0.1) is 0 Å². The van der Waals surface area contributed by atoms with Gasteiger partial charge in [0.2, 0.25) is 15.9 Å². The zero-order chi connectivity index (χ0) is 15.3. The lowest BCUT2D eigenvalue weighted by Gasteiger charge is -2.24. The fourth-order valence-electron chi connectivity index (χ4n) is 1.99. The van der Waals surface area contributed by atoms with E-state index in [1.165, 1.54) is 14.1 Å². The molecule has 0 aromatic heterocycles. The first-order valence-electron chi connectivity index (χ1n) is 6.31. The fourth-order valence-corrected chi connectivity index (χ4v) is 2.72. The number of nitrogens with zero attached hydrogens (tertiary/aromatic N) is 1. The number of carboxylic acid groups (broad SMARTS) is 1. The van der Waals surface area contributed by atoms with Crippen LogP contribution in [0.25, 0.3) is 0 Å². The van der Waals surface area contributed by atoms with Gasteiger partial charge in [-0.25, -0.2) is 12.7 Å². The van der Waals surface area contributed by atoms with Crippen molar-refractivity contribution in [3.8, 4) is 0 Å². The lowest BCUT2D eigenvalue weighted by molar-refractivity contribution is -0.147. The fraction of sp³-hybridized carbons (Fsp3) is 0.667.